The van der Waals surface area contributed by atoms with E-state index in [0.29, 0.717) is 35.8 Å². The molecule has 0 spiro atoms. The predicted molar refractivity (Wildman–Crippen MR) is 76.5 cm³/mol. The number of carbonyl (C=O) groups excluding carboxylic acids is 2. The van der Waals surface area contributed by atoms with Crippen molar-refractivity contribution in [2.24, 2.45) is 5.92 Å². The monoisotopic (exact) mass is 316 g/mol. The van der Waals surface area contributed by atoms with E-state index in [4.69, 9.17) is 27.9 Å². The number of ether oxygens (including phenoxy) is 1. The van der Waals surface area contributed by atoms with E-state index in [1.807, 2.05) is 0 Å². The van der Waals surface area contributed by atoms with Crippen molar-refractivity contribution >= 4 is 35.0 Å². The average molecular weight is 317 g/mol. The summed E-state index contributed by atoms with van der Waals surface area (Å²) in [6.45, 7) is 0.999. The number of hydrogen-bond acceptors (Lipinski definition) is 3. The minimum absolute atomic E-state index is 0.0105. The van der Waals surface area contributed by atoms with Gasteiger partial charge in [0.25, 0.3) is 5.91 Å². The molecule has 0 bridgehead atoms. The second kappa shape index (κ2) is 6.33. The summed E-state index contributed by atoms with van der Waals surface area (Å²) in [6.07, 6.45) is 0.429. The molecule has 1 aromatic rings. The first-order chi connectivity index (χ1) is 9.51. The fourth-order valence-electron chi connectivity index (χ4n) is 2.02. The molecule has 1 atom stereocenters. The second-order valence-corrected chi connectivity index (χ2v) is 5.37. The molecule has 1 aromatic carbocycles. The molecule has 5 nitrogen and oxygen atoms in total. The van der Waals surface area contributed by atoms with Crippen LogP contribution >= 0.6 is 23.2 Å². The van der Waals surface area contributed by atoms with E-state index in [1.165, 1.54) is 19.2 Å². The highest BCUT2D eigenvalue weighted by atomic mass is 35.5. The van der Waals surface area contributed by atoms with Crippen LogP contribution < -0.4 is 15.4 Å². The van der Waals surface area contributed by atoms with Crippen LogP contribution in [-0.2, 0) is 4.79 Å². The van der Waals surface area contributed by atoms with Crippen LogP contribution in [0.15, 0.2) is 12.1 Å². The maximum Gasteiger partial charge on any atom is 0.255 e. The van der Waals surface area contributed by atoms with Crippen molar-refractivity contribution in [3.63, 3.8) is 0 Å². The average Bonchev–Trinajstić information content (AvgIpc) is 2.84. The van der Waals surface area contributed by atoms with Crippen LogP contribution in [0.1, 0.15) is 16.8 Å². The molecule has 1 aliphatic rings. The molecule has 1 saturated heterocycles. The Balaban J connectivity index is 2.05. The third kappa shape index (κ3) is 3.35. The van der Waals surface area contributed by atoms with Crippen molar-refractivity contribution in [2.45, 2.75) is 6.42 Å². The zero-order valence-electron chi connectivity index (χ0n) is 10.8. The number of methoxy groups -OCH3 is 1. The van der Waals surface area contributed by atoms with Gasteiger partial charge in [-0.3, -0.25) is 9.59 Å². The quantitative estimate of drug-likeness (QED) is 0.891. The van der Waals surface area contributed by atoms with Gasteiger partial charge in [-0.1, -0.05) is 23.2 Å². The first kappa shape index (κ1) is 14.9. The molecule has 0 saturated carbocycles. The Morgan fingerprint density at radius 1 is 1.45 bits per heavy atom. The number of halogens is 2. The van der Waals surface area contributed by atoms with Crippen LogP contribution in [-0.4, -0.2) is 32.0 Å². The molecular formula is C13H14Cl2N2O3. The highest BCUT2D eigenvalue weighted by Crippen LogP contribution is 2.30. The molecule has 0 aliphatic carbocycles. The van der Waals surface area contributed by atoms with Crippen molar-refractivity contribution in [1.82, 2.24) is 10.6 Å². The Bertz CT molecular complexity index is 549. The number of benzene rings is 1. The molecule has 20 heavy (non-hydrogen) atoms. The molecule has 108 valence electrons. The maximum atomic E-state index is 12.1. The largest absolute Gasteiger partial charge is 0.496 e. The smallest absolute Gasteiger partial charge is 0.255 e. The molecule has 1 aliphatic heterocycles. The van der Waals surface area contributed by atoms with Crippen molar-refractivity contribution in [2.75, 3.05) is 20.2 Å². The van der Waals surface area contributed by atoms with E-state index < -0.39 is 0 Å². The van der Waals surface area contributed by atoms with E-state index in [-0.39, 0.29) is 22.8 Å². The number of rotatable bonds is 4. The van der Waals surface area contributed by atoms with Gasteiger partial charge < -0.3 is 15.4 Å². The Hall–Kier alpha value is -1.46. The molecule has 1 unspecified atom stereocenters. The summed E-state index contributed by atoms with van der Waals surface area (Å²) in [5, 5.41) is 6.10. The summed E-state index contributed by atoms with van der Waals surface area (Å²) in [5.41, 5.74) is 0.319. The van der Waals surface area contributed by atoms with Crippen LogP contribution in [0.25, 0.3) is 0 Å². The Labute approximate surface area is 126 Å². The van der Waals surface area contributed by atoms with Gasteiger partial charge in [0.05, 0.1) is 22.7 Å². The molecule has 1 heterocycles. The number of amides is 2. The van der Waals surface area contributed by atoms with Crippen molar-refractivity contribution in [3.8, 4) is 5.75 Å². The van der Waals surface area contributed by atoms with E-state index in [9.17, 15) is 9.59 Å². The second-order valence-electron chi connectivity index (χ2n) is 4.55. The fraction of sp³-hybridized carbons (Fsp3) is 0.385. The standard InChI is InChI=1S/C13H14Cl2N2O3/c1-20-11-4-10(15)9(14)3-8(11)13(19)17-6-7-2-12(18)16-5-7/h3-4,7H,2,5-6H2,1H3,(H,16,18)(H,17,19). The first-order valence-corrected chi connectivity index (χ1v) is 6.84. The molecule has 2 N–H and O–H groups in total. The summed E-state index contributed by atoms with van der Waals surface area (Å²) in [7, 11) is 1.45. The summed E-state index contributed by atoms with van der Waals surface area (Å²) in [4.78, 5) is 23.2. The Kier molecular flexibility index (Phi) is 4.73. The first-order valence-electron chi connectivity index (χ1n) is 6.09. The van der Waals surface area contributed by atoms with E-state index in [1.54, 1.807) is 0 Å². The number of carbonyl (C=O) groups is 2. The highest BCUT2D eigenvalue weighted by molar-refractivity contribution is 6.42. The van der Waals surface area contributed by atoms with E-state index in [0.717, 1.165) is 0 Å². The maximum absolute atomic E-state index is 12.1. The summed E-state index contributed by atoms with van der Waals surface area (Å²) in [5.74, 6) is 0.175. The predicted octanol–water partition coefficient (Wildman–Crippen LogP) is 1.87. The lowest BCUT2D eigenvalue weighted by atomic mass is 10.1. The van der Waals surface area contributed by atoms with Gasteiger partial charge in [-0.2, -0.15) is 0 Å². The SMILES string of the molecule is COc1cc(Cl)c(Cl)cc1C(=O)NCC1CNC(=O)C1. The summed E-state index contributed by atoms with van der Waals surface area (Å²) < 4.78 is 5.12. The normalized spacial score (nSPS) is 17.8. The van der Waals surface area contributed by atoms with Gasteiger partial charge in [0, 0.05) is 31.5 Å². The zero-order chi connectivity index (χ0) is 14.7. The van der Waals surface area contributed by atoms with Gasteiger partial charge in [0.2, 0.25) is 5.91 Å². The van der Waals surface area contributed by atoms with Gasteiger partial charge in [0.15, 0.2) is 0 Å². The molecule has 2 rings (SSSR count). The van der Waals surface area contributed by atoms with Gasteiger partial charge >= 0.3 is 0 Å². The van der Waals surface area contributed by atoms with Crippen LogP contribution in [0.5, 0.6) is 5.75 Å². The molecule has 0 aromatic heterocycles. The van der Waals surface area contributed by atoms with Crippen molar-refractivity contribution in [3.05, 3.63) is 27.7 Å². The molecule has 1 fully saturated rings. The third-order valence-corrected chi connectivity index (χ3v) is 3.82. The lowest BCUT2D eigenvalue weighted by Gasteiger charge is -2.12. The van der Waals surface area contributed by atoms with Crippen LogP contribution in [0.2, 0.25) is 10.0 Å². The fourth-order valence-corrected chi connectivity index (χ4v) is 2.33. The molecule has 2 amide bonds. The summed E-state index contributed by atoms with van der Waals surface area (Å²) in [6, 6.07) is 2.97. The topological polar surface area (TPSA) is 67.4 Å². The van der Waals surface area contributed by atoms with Crippen LogP contribution in [0, 0.1) is 5.92 Å². The lowest BCUT2D eigenvalue weighted by molar-refractivity contribution is -0.119. The van der Waals surface area contributed by atoms with Gasteiger partial charge in [-0.05, 0) is 6.07 Å². The van der Waals surface area contributed by atoms with Gasteiger partial charge in [0.1, 0.15) is 5.75 Å². The van der Waals surface area contributed by atoms with E-state index >= 15 is 0 Å². The van der Waals surface area contributed by atoms with Gasteiger partial charge in [-0.15, -0.1) is 0 Å². The third-order valence-electron chi connectivity index (χ3n) is 3.10. The summed E-state index contributed by atoms with van der Waals surface area (Å²) >= 11 is 11.8. The van der Waals surface area contributed by atoms with Gasteiger partial charge in [-0.25, -0.2) is 0 Å². The van der Waals surface area contributed by atoms with E-state index in [2.05, 4.69) is 10.6 Å². The highest BCUT2D eigenvalue weighted by Gasteiger charge is 2.23. The number of nitrogens with one attached hydrogen (secondary N) is 2. The number of hydrogen-bond donors (Lipinski definition) is 2. The van der Waals surface area contributed by atoms with Crippen LogP contribution in [0.3, 0.4) is 0 Å². The lowest BCUT2D eigenvalue weighted by Crippen LogP contribution is -2.30. The Morgan fingerprint density at radius 2 is 2.15 bits per heavy atom. The van der Waals surface area contributed by atoms with Crippen LogP contribution in [0.4, 0.5) is 0 Å². The minimum atomic E-state index is -0.306. The van der Waals surface area contributed by atoms with Crippen molar-refractivity contribution < 1.29 is 14.3 Å². The zero-order valence-corrected chi connectivity index (χ0v) is 12.3. The molecule has 7 heteroatoms. The van der Waals surface area contributed by atoms with Crippen molar-refractivity contribution in [1.29, 1.82) is 0 Å². The molecular weight excluding hydrogens is 303 g/mol. The molecule has 0 radical (unpaired) electrons. The Morgan fingerprint density at radius 3 is 2.75 bits per heavy atom. The minimum Gasteiger partial charge on any atom is -0.496 e.